The highest BCUT2D eigenvalue weighted by molar-refractivity contribution is 8.03. The summed E-state index contributed by atoms with van der Waals surface area (Å²) in [6, 6.07) is 5.09. The molecule has 0 fully saturated rings. The molecule has 9 heteroatoms. The molecule has 1 aromatic heterocycles. The summed E-state index contributed by atoms with van der Waals surface area (Å²) in [6.45, 7) is 3.86. The lowest BCUT2D eigenvalue weighted by Crippen LogP contribution is -2.22. The van der Waals surface area contributed by atoms with E-state index in [-0.39, 0.29) is 11.2 Å². The number of hydrogen-bond acceptors (Lipinski definition) is 6. The summed E-state index contributed by atoms with van der Waals surface area (Å²) < 4.78 is 1.68. The van der Waals surface area contributed by atoms with Crippen molar-refractivity contribution < 1.29 is 4.79 Å². The van der Waals surface area contributed by atoms with Gasteiger partial charge in [-0.25, -0.2) is 0 Å². The van der Waals surface area contributed by atoms with Crippen LogP contribution in [0, 0.1) is 0 Å². The van der Waals surface area contributed by atoms with Gasteiger partial charge in [-0.1, -0.05) is 71.1 Å². The van der Waals surface area contributed by atoms with Gasteiger partial charge in [0.25, 0.3) is 0 Å². The molecule has 2 aromatic rings. The minimum atomic E-state index is -0.334. The molecule has 1 atom stereocenters. The maximum atomic E-state index is 12.3. The van der Waals surface area contributed by atoms with Crippen molar-refractivity contribution in [2.24, 2.45) is 0 Å². The van der Waals surface area contributed by atoms with Crippen LogP contribution < -0.4 is 5.32 Å². The maximum absolute atomic E-state index is 12.3. The molecule has 0 saturated heterocycles. The van der Waals surface area contributed by atoms with Gasteiger partial charge >= 0.3 is 0 Å². The van der Waals surface area contributed by atoms with Gasteiger partial charge in [0.05, 0.1) is 21.0 Å². The number of rotatable bonds is 6. The van der Waals surface area contributed by atoms with Gasteiger partial charge in [0.2, 0.25) is 5.91 Å². The van der Waals surface area contributed by atoms with E-state index in [9.17, 15) is 4.79 Å². The monoisotopic (exact) mass is 393 g/mol. The van der Waals surface area contributed by atoms with E-state index >= 15 is 0 Å². The molecular weight excluding hydrogens is 381 g/mol. The van der Waals surface area contributed by atoms with Gasteiger partial charge in [0.1, 0.15) is 0 Å². The van der Waals surface area contributed by atoms with E-state index in [1.807, 2.05) is 0 Å². The number of aromatic nitrogens is 2. The van der Waals surface area contributed by atoms with Crippen molar-refractivity contribution >= 4 is 69.7 Å². The summed E-state index contributed by atoms with van der Waals surface area (Å²) in [7, 11) is 0. The molecule has 0 aliphatic carbocycles. The van der Waals surface area contributed by atoms with Crippen molar-refractivity contribution in [2.75, 3.05) is 11.1 Å². The second kappa shape index (κ2) is 8.40. The summed E-state index contributed by atoms with van der Waals surface area (Å²) in [4.78, 5) is 12.3. The highest BCUT2D eigenvalue weighted by atomic mass is 35.5. The van der Waals surface area contributed by atoms with Crippen molar-refractivity contribution in [3.8, 4) is 0 Å². The van der Waals surface area contributed by atoms with Crippen LogP contribution in [0.15, 0.2) is 26.9 Å². The maximum Gasteiger partial charge on any atom is 0.237 e. The first-order valence-corrected chi connectivity index (χ1v) is 9.83. The molecular formula is C13H13Cl2N3OS3. The average Bonchev–Trinajstić information content (AvgIpc) is 2.90. The minimum absolute atomic E-state index is 0.181. The number of para-hydroxylation sites is 1. The van der Waals surface area contributed by atoms with E-state index in [1.165, 1.54) is 23.1 Å². The van der Waals surface area contributed by atoms with Crippen molar-refractivity contribution in [1.29, 1.82) is 0 Å². The van der Waals surface area contributed by atoms with Crippen LogP contribution in [0.3, 0.4) is 0 Å². The Labute approximate surface area is 151 Å². The second-order valence-electron chi connectivity index (χ2n) is 4.11. The van der Waals surface area contributed by atoms with Crippen LogP contribution in [-0.2, 0) is 4.79 Å². The van der Waals surface area contributed by atoms with Crippen molar-refractivity contribution in [2.45, 2.75) is 27.8 Å². The topological polar surface area (TPSA) is 54.9 Å². The van der Waals surface area contributed by atoms with Crippen molar-refractivity contribution in [1.82, 2.24) is 10.2 Å². The molecule has 0 spiro atoms. The zero-order chi connectivity index (χ0) is 16.1. The van der Waals surface area contributed by atoms with Crippen LogP contribution in [0.5, 0.6) is 0 Å². The molecule has 0 aliphatic heterocycles. The molecule has 1 amide bonds. The standard InChI is InChI=1S/C13H13Cl2N3OS3/c1-3-20-12-17-18-13(22-12)21-7(2)11(19)16-10-8(14)5-4-6-9(10)15/h4-7H,3H2,1-2H3,(H,16,19)/t7-/m1/s1. The molecule has 0 unspecified atom stereocenters. The lowest BCUT2D eigenvalue weighted by Gasteiger charge is -2.12. The molecule has 0 aliphatic rings. The van der Waals surface area contributed by atoms with Gasteiger partial charge < -0.3 is 5.32 Å². The van der Waals surface area contributed by atoms with Gasteiger partial charge in [-0.3, -0.25) is 4.79 Å². The van der Waals surface area contributed by atoms with Gasteiger partial charge in [-0.05, 0) is 24.8 Å². The number of amides is 1. The van der Waals surface area contributed by atoms with E-state index in [0.717, 1.165) is 14.4 Å². The third kappa shape index (κ3) is 4.76. The molecule has 1 aromatic carbocycles. The first-order chi connectivity index (χ1) is 10.5. The van der Waals surface area contributed by atoms with Gasteiger partial charge in [-0.2, -0.15) is 0 Å². The van der Waals surface area contributed by atoms with E-state index in [2.05, 4.69) is 22.4 Å². The molecule has 0 saturated carbocycles. The summed E-state index contributed by atoms with van der Waals surface area (Å²) in [5.41, 5.74) is 0.433. The van der Waals surface area contributed by atoms with E-state index in [0.29, 0.717) is 15.7 Å². The second-order valence-corrected chi connectivity index (χ2v) is 9.00. The fourth-order valence-corrected chi connectivity index (χ4v) is 5.03. The van der Waals surface area contributed by atoms with E-state index in [1.54, 1.807) is 36.9 Å². The van der Waals surface area contributed by atoms with Crippen LogP contribution in [-0.4, -0.2) is 27.1 Å². The first-order valence-electron chi connectivity index (χ1n) is 6.39. The molecule has 1 N–H and O–H groups in total. The lowest BCUT2D eigenvalue weighted by molar-refractivity contribution is -0.115. The molecule has 22 heavy (non-hydrogen) atoms. The van der Waals surface area contributed by atoms with Gasteiger partial charge in [0, 0.05) is 0 Å². The zero-order valence-corrected chi connectivity index (χ0v) is 15.8. The number of benzene rings is 1. The molecule has 118 valence electrons. The molecule has 2 rings (SSSR count). The average molecular weight is 394 g/mol. The molecule has 0 radical (unpaired) electrons. The fraction of sp³-hybridized carbons (Fsp3) is 0.308. The molecule has 4 nitrogen and oxygen atoms in total. The third-order valence-electron chi connectivity index (χ3n) is 2.51. The number of thioether (sulfide) groups is 2. The normalized spacial score (nSPS) is 12.2. The Kier molecular flexibility index (Phi) is 6.83. The first kappa shape index (κ1) is 17.9. The quantitative estimate of drug-likeness (QED) is 0.693. The summed E-state index contributed by atoms with van der Waals surface area (Å²) in [6.07, 6.45) is 0. The fourth-order valence-electron chi connectivity index (χ4n) is 1.47. The Morgan fingerprint density at radius 1 is 1.32 bits per heavy atom. The van der Waals surface area contributed by atoms with E-state index in [4.69, 9.17) is 23.2 Å². The Morgan fingerprint density at radius 3 is 2.59 bits per heavy atom. The van der Waals surface area contributed by atoms with Crippen LogP contribution in [0.4, 0.5) is 5.69 Å². The lowest BCUT2D eigenvalue weighted by atomic mass is 10.3. The van der Waals surface area contributed by atoms with Crippen LogP contribution in [0.1, 0.15) is 13.8 Å². The van der Waals surface area contributed by atoms with E-state index < -0.39 is 0 Å². The number of carbonyl (C=O) groups is 1. The Morgan fingerprint density at radius 2 is 1.95 bits per heavy atom. The zero-order valence-electron chi connectivity index (χ0n) is 11.8. The number of nitrogens with one attached hydrogen (secondary N) is 1. The number of anilines is 1. The molecule has 1 heterocycles. The highest BCUT2D eigenvalue weighted by Crippen LogP contribution is 2.33. The summed E-state index contributed by atoms with van der Waals surface area (Å²) in [5, 5.41) is 11.4. The third-order valence-corrected chi connectivity index (χ3v) is 6.27. The van der Waals surface area contributed by atoms with Crippen LogP contribution in [0.2, 0.25) is 10.0 Å². The minimum Gasteiger partial charge on any atom is -0.323 e. The predicted octanol–water partition coefficient (Wildman–Crippen LogP) is 5.08. The largest absolute Gasteiger partial charge is 0.323 e. The van der Waals surface area contributed by atoms with Crippen molar-refractivity contribution in [3.63, 3.8) is 0 Å². The van der Waals surface area contributed by atoms with Gasteiger partial charge in [0.15, 0.2) is 8.68 Å². The number of carbonyl (C=O) groups excluding carboxylic acids is 1. The van der Waals surface area contributed by atoms with Crippen LogP contribution in [0.25, 0.3) is 0 Å². The number of halogens is 2. The molecule has 0 bridgehead atoms. The predicted molar refractivity (Wildman–Crippen MR) is 96.7 cm³/mol. The Bertz CT molecular complexity index is 645. The van der Waals surface area contributed by atoms with Gasteiger partial charge in [-0.15, -0.1) is 10.2 Å². The highest BCUT2D eigenvalue weighted by Gasteiger charge is 2.19. The number of hydrogen-bond donors (Lipinski definition) is 1. The number of nitrogens with zero attached hydrogens (tertiary/aromatic N) is 2. The summed E-state index contributed by atoms with van der Waals surface area (Å²) in [5.74, 6) is 0.764. The smallest absolute Gasteiger partial charge is 0.237 e. The van der Waals surface area contributed by atoms with Crippen molar-refractivity contribution in [3.05, 3.63) is 28.2 Å². The van der Waals surface area contributed by atoms with Crippen LogP contribution >= 0.6 is 58.1 Å². The Balaban J connectivity index is 1.99. The Hall–Kier alpha value is -0.470. The SMILES string of the molecule is CCSc1nnc(S[C@H](C)C(=O)Nc2c(Cl)cccc2Cl)s1. The summed E-state index contributed by atoms with van der Waals surface area (Å²) >= 11 is 16.6.